The van der Waals surface area contributed by atoms with E-state index in [1.165, 1.54) is 49.7 Å². The monoisotopic (exact) mass is 477 g/mol. The fourth-order valence-corrected chi connectivity index (χ4v) is 4.71. The fraction of sp³-hybridized carbons (Fsp3) is 0.0909. The molecule has 0 aliphatic rings. The first kappa shape index (κ1) is 22.5. The molecule has 0 saturated heterocycles. The Kier molecular flexibility index (Phi) is 5.66. The summed E-state index contributed by atoms with van der Waals surface area (Å²) in [7, 11) is -2.84. The lowest BCUT2D eigenvalue weighted by Gasteiger charge is -2.11. The summed E-state index contributed by atoms with van der Waals surface area (Å²) in [5.74, 6) is -0.437. The number of nitrogens with zero attached hydrogens (tertiary/aromatic N) is 3. The minimum Gasteiger partial charge on any atom is -0.494 e. The highest BCUT2D eigenvalue weighted by Crippen LogP contribution is 2.34. The van der Waals surface area contributed by atoms with Crippen molar-refractivity contribution in [3.63, 3.8) is 0 Å². The van der Waals surface area contributed by atoms with E-state index >= 15 is 0 Å². The number of hydrogen-bond acceptors (Lipinski definition) is 5. The zero-order valence-corrected chi connectivity index (χ0v) is 17.7. The summed E-state index contributed by atoms with van der Waals surface area (Å²) >= 11 is 0. The molecule has 3 aromatic carbocycles. The van der Waals surface area contributed by atoms with E-state index in [0.29, 0.717) is 12.1 Å². The summed E-state index contributed by atoms with van der Waals surface area (Å²) in [5.41, 5.74) is -0.705. The van der Waals surface area contributed by atoms with Crippen molar-refractivity contribution >= 4 is 9.84 Å². The fourth-order valence-electron chi connectivity index (χ4n) is 3.24. The SMILES string of the molecule is COc1cccc(F)c1-n1cc(-c2ccccc2S(=O)(=O)c2ccc(C(F)(F)F)cc2)nn1. The van der Waals surface area contributed by atoms with Crippen LogP contribution in [-0.4, -0.2) is 30.5 Å². The molecule has 0 unspecified atom stereocenters. The maximum atomic E-state index is 14.4. The van der Waals surface area contributed by atoms with Gasteiger partial charge >= 0.3 is 6.18 Å². The van der Waals surface area contributed by atoms with Crippen LogP contribution in [0.15, 0.2) is 82.7 Å². The van der Waals surface area contributed by atoms with Crippen LogP contribution in [-0.2, 0) is 16.0 Å². The average Bonchev–Trinajstić information content (AvgIpc) is 3.28. The van der Waals surface area contributed by atoms with Crippen LogP contribution in [0.25, 0.3) is 16.9 Å². The molecular weight excluding hydrogens is 462 g/mol. The van der Waals surface area contributed by atoms with Gasteiger partial charge in [0.15, 0.2) is 5.82 Å². The van der Waals surface area contributed by atoms with E-state index in [1.54, 1.807) is 6.07 Å². The molecule has 1 heterocycles. The molecule has 4 aromatic rings. The Bertz CT molecular complexity index is 1420. The Balaban J connectivity index is 1.78. The highest BCUT2D eigenvalue weighted by Gasteiger charge is 2.31. The number of aromatic nitrogens is 3. The highest BCUT2D eigenvalue weighted by atomic mass is 32.2. The zero-order chi connectivity index (χ0) is 23.8. The lowest BCUT2D eigenvalue weighted by molar-refractivity contribution is -0.137. The van der Waals surface area contributed by atoms with E-state index < -0.39 is 27.4 Å². The van der Waals surface area contributed by atoms with Gasteiger partial charge in [-0.25, -0.2) is 17.5 Å². The molecule has 0 saturated carbocycles. The molecule has 0 atom stereocenters. The summed E-state index contributed by atoms with van der Waals surface area (Å²) < 4.78 is 85.6. The van der Waals surface area contributed by atoms with Crippen LogP contribution in [0.1, 0.15) is 5.56 Å². The van der Waals surface area contributed by atoms with E-state index in [9.17, 15) is 26.0 Å². The minimum atomic E-state index is -4.59. The maximum Gasteiger partial charge on any atom is 0.416 e. The molecule has 1 aromatic heterocycles. The molecular formula is C22H15F4N3O3S. The van der Waals surface area contributed by atoms with Gasteiger partial charge in [-0.15, -0.1) is 5.10 Å². The van der Waals surface area contributed by atoms with Gasteiger partial charge in [0.1, 0.15) is 17.1 Å². The Morgan fingerprint density at radius 1 is 0.939 bits per heavy atom. The predicted molar refractivity (Wildman–Crippen MR) is 110 cm³/mol. The first-order chi connectivity index (χ1) is 15.6. The number of para-hydroxylation sites is 1. The van der Waals surface area contributed by atoms with Gasteiger partial charge in [0.25, 0.3) is 0 Å². The molecule has 0 fully saturated rings. The summed E-state index contributed by atoms with van der Waals surface area (Å²) in [6.07, 6.45) is -3.26. The van der Waals surface area contributed by atoms with Crippen molar-refractivity contribution in [3.05, 3.63) is 84.3 Å². The van der Waals surface area contributed by atoms with E-state index in [-0.39, 0.29) is 32.5 Å². The number of benzene rings is 3. The maximum absolute atomic E-state index is 14.4. The molecule has 0 aliphatic carbocycles. The van der Waals surface area contributed by atoms with Crippen molar-refractivity contribution < 1.29 is 30.7 Å². The van der Waals surface area contributed by atoms with Gasteiger partial charge in [0.2, 0.25) is 9.84 Å². The van der Waals surface area contributed by atoms with Gasteiger partial charge in [-0.3, -0.25) is 0 Å². The third-order valence-electron chi connectivity index (χ3n) is 4.84. The smallest absolute Gasteiger partial charge is 0.416 e. The summed E-state index contributed by atoms with van der Waals surface area (Å²) in [5, 5.41) is 7.86. The minimum absolute atomic E-state index is 0.0122. The van der Waals surface area contributed by atoms with Gasteiger partial charge < -0.3 is 4.74 Å². The molecule has 0 amide bonds. The van der Waals surface area contributed by atoms with Gasteiger partial charge in [0, 0.05) is 5.56 Å². The van der Waals surface area contributed by atoms with Crippen LogP contribution >= 0.6 is 0 Å². The van der Waals surface area contributed by atoms with E-state index in [0.717, 1.165) is 16.8 Å². The van der Waals surface area contributed by atoms with Gasteiger partial charge in [-0.2, -0.15) is 13.2 Å². The topological polar surface area (TPSA) is 74.1 Å². The summed E-state index contributed by atoms with van der Waals surface area (Å²) in [6, 6.07) is 13.2. The Hall–Kier alpha value is -3.73. The normalized spacial score (nSPS) is 12.0. The number of hydrogen-bond donors (Lipinski definition) is 0. The molecule has 170 valence electrons. The second-order valence-corrected chi connectivity index (χ2v) is 8.78. The molecule has 0 radical (unpaired) electrons. The lowest BCUT2D eigenvalue weighted by atomic mass is 10.2. The molecule has 0 bridgehead atoms. The first-order valence-corrected chi connectivity index (χ1v) is 10.9. The van der Waals surface area contributed by atoms with E-state index in [4.69, 9.17) is 4.74 Å². The van der Waals surface area contributed by atoms with Gasteiger partial charge in [0.05, 0.1) is 28.7 Å². The molecule has 33 heavy (non-hydrogen) atoms. The second-order valence-electron chi connectivity index (χ2n) is 6.86. The van der Waals surface area contributed by atoms with Crippen molar-refractivity contribution in [3.8, 4) is 22.7 Å². The molecule has 4 rings (SSSR count). The standard InChI is InChI=1S/C22H15F4N3O3S/c1-32-19-7-4-6-17(23)21(19)29-13-18(27-28-29)16-5-2-3-8-20(16)33(30,31)15-11-9-14(10-12-15)22(24,25)26/h2-13H,1H3. The Labute approximate surface area is 186 Å². The van der Waals surface area contributed by atoms with E-state index in [2.05, 4.69) is 10.3 Å². The van der Waals surface area contributed by atoms with Crippen LogP contribution in [0.3, 0.4) is 0 Å². The third kappa shape index (κ3) is 4.19. The molecule has 0 N–H and O–H groups in total. The number of ether oxygens (including phenoxy) is 1. The lowest BCUT2D eigenvalue weighted by Crippen LogP contribution is -2.07. The number of rotatable bonds is 5. The molecule has 0 aliphatic heterocycles. The summed E-state index contributed by atoms with van der Waals surface area (Å²) in [4.78, 5) is -0.497. The average molecular weight is 477 g/mol. The van der Waals surface area contributed by atoms with Crippen LogP contribution in [0, 0.1) is 5.82 Å². The van der Waals surface area contributed by atoms with Crippen LogP contribution < -0.4 is 4.74 Å². The molecule has 11 heteroatoms. The predicted octanol–water partition coefficient (Wildman–Crippen LogP) is 4.93. The quantitative estimate of drug-likeness (QED) is 0.381. The largest absolute Gasteiger partial charge is 0.494 e. The second kappa shape index (κ2) is 8.32. The first-order valence-electron chi connectivity index (χ1n) is 9.40. The Morgan fingerprint density at radius 2 is 1.64 bits per heavy atom. The molecule has 6 nitrogen and oxygen atoms in total. The van der Waals surface area contributed by atoms with Crippen molar-refractivity contribution in [2.24, 2.45) is 0 Å². The van der Waals surface area contributed by atoms with Crippen molar-refractivity contribution in [1.29, 1.82) is 0 Å². The number of halogens is 4. The number of alkyl halides is 3. The Morgan fingerprint density at radius 3 is 2.30 bits per heavy atom. The zero-order valence-electron chi connectivity index (χ0n) is 16.9. The van der Waals surface area contributed by atoms with Crippen molar-refractivity contribution in [1.82, 2.24) is 15.0 Å². The van der Waals surface area contributed by atoms with Crippen LogP contribution in [0.5, 0.6) is 5.75 Å². The van der Waals surface area contributed by atoms with Crippen molar-refractivity contribution in [2.45, 2.75) is 16.0 Å². The highest BCUT2D eigenvalue weighted by molar-refractivity contribution is 7.91. The van der Waals surface area contributed by atoms with Crippen LogP contribution in [0.2, 0.25) is 0 Å². The van der Waals surface area contributed by atoms with Crippen LogP contribution in [0.4, 0.5) is 17.6 Å². The third-order valence-corrected chi connectivity index (χ3v) is 6.66. The van der Waals surface area contributed by atoms with Gasteiger partial charge in [-0.1, -0.05) is 29.5 Å². The molecule has 0 spiro atoms. The summed E-state index contributed by atoms with van der Waals surface area (Å²) in [6.45, 7) is 0. The van der Waals surface area contributed by atoms with Crippen molar-refractivity contribution in [2.75, 3.05) is 7.11 Å². The number of methoxy groups -OCH3 is 1. The van der Waals surface area contributed by atoms with Gasteiger partial charge in [-0.05, 0) is 42.5 Å². The number of sulfone groups is 1. The van der Waals surface area contributed by atoms with E-state index in [1.807, 2.05) is 0 Å².